The Morgan fingerprint density at radius 1 is 1.17 bits per heavy atom. The van der Waals surface area contributed by atoms with Gasteiger partial charge in [0.1, 0.15) is 0 Å². The van der Waals surface area contributed by atoms with Gasteiger partial charge in [0.2, 0.25) is 0 Å². The number of esters is 1. The lowest BCUT2D eigenvalue weighted by atomic mass is 10.1. The summed E-state index contributed by atoms with van der Waals surface area (Å²) in [6, 6.07) is 11.4. The van der Waals surface area contributed by atoms with Gasteiger partial charge in [-0.25, -0.2) is 14.5 Å². The Hall–Kier alpha value is -3.02. The molecule has 0 bridgehead atoms. The van der Waals surface area contributed by atoms with Gasteiger partial charge < -0.3 is 4.74 Å². The van der Waals surface area contributed by atoms with Crippen molar-refractivity contribution in [1.82, 2.24) is 19.7 Å². The number of nitrogens with zero attached hydrogens (tertiary/aromatic N) is 4. The third-order valence-electron chi connectivity index (χ3n) is 3.32. The predicted octanol–water partition coefficient (Wildman–Crippen LogP) is 2.81. The minimum atomic E-state index is -0.454. The highest BCUT2D eigenvalue weighted by molar-refractivity contribution is 5.89. The van der Waals surface area contributed by atoms with Crippen molar-refractivity contribution >= 4 is 5.97 Å². The number of ether oxygens (including phenoxy) is 1. The first-order chi connectivity index (χ1) is 11.2. The van der Waals surface area contributed by atoms with Gasteiger partial charge in [-0.1, -0.05) is 30.3 Å². The van der Waals surface area contributed by atoms with E-state index < -0.39 is 5.97 Å². The number of benzene rings is 1. The van der Waals surface area contributed by atoms with Crippen LogP contribution in [-0.2, 0) is 4.74 Å². The van der Waals surface area contributed by atoms with E-state index in [1.54, 1.807) is 30.1 Å². The lowest BCUT2D eigenvalue weighted by Crippen LogP contribution is -2.09. The van der Waals surface area contributed by atoms with Crippen LogP contribution >= 0.6 is 0 Å². The van der Waals surface area contributed by atoms with Crippen molar-refractivity contribution in [2.75, 3.05) is 6.61 Å². The van der Waals surface area contributed by atoms with Gasteiger partial charge in [0.05, 0.1) is 18.0 Å². The van der Waals surface area contributed by atoms with Crippen molar-refractivity contribution in [2.24, 2.45) is 0 Å². The molecule has 0 unspecified atom stereocenters. The molecule has 3 aromatic rings. The predicted molar refractivity (Wildman–Crippen MR) is 85.3 cm³/mol. The average molecular weight is 308 g/mol. The van der Waals surface area contributed by atoms with Crippen molar-refractivity contribution in [2.45, 2.75) is 13.8 Å². The molecule has 0 N–H and O–H groups in total. The molecule has 2 heterocycles. The number of aromatic nitrogens is 4. The van der Waals surface area contributed by atoms with E-state index in [4.69, 9.17) is 4.74 Å². The summed E-state index contributed by atoms with van der Waals surface area (Å²) in [4.78, 5) is 20.6. The van der Waals surface area contributed by atoms with Crippen LogP contribution in [0.1, 0.15) is 23.1 Å². The maximum Gasteiger partial charge on any atom is 0.358 e. The van der Waals surface area contributed by atoms with Crippen LogP contribution in [0, 0.1) is 6.92 Å². The topological polar surface area (TPSA) is 69.9 Å². The summed E-state index contributed by atoms with van der Waals surface area (Å²) >= 11 is 0. The van der Waals surface area contributed by atoms with E-state index in [0.29, 0.717) is 12.4 Å². The Balaban J connectivity index is 2.17. The van der Waals surface area contributed by atoms with Gasteiger partial charge in [0, 0.05) is 18.0 Å². The van der Waals surface area contributed by atoms with Crippen LogP contribution in [0.2, 0.25) is 0 Å². The van der Waals surface area contributed by atoms with Crippen molar-refractivity contribution in [1.29, 1.82) is 0 Å². The molecule has 2 aromatic heterocycles. The molecule has 0 fully saturated rings. The largest absolute Gasteiger partial charge is 0.461 e. The van der Waals surface area contributed by atoms with E-state index in [9.17, 15) is 4.79 Å². The fraction of sp³-hybridized carbons (Fsp3) is 0.176. The molecule has 0 spiro atoms. The molecule has 0 aliphatic heterocycles. The van der Waals surface area contributed by atoms with Gasteiger partial charge >= 0.3 is 5.97 Å². The summed E-state index contributed by atoms with van der Waals surface area (Å²) in [7, 11) is 0. The van der Waals surface area contributed by atoms with Crippen molar-refractivity contribution < 1.29 is 9.53 Å². The lowest BCUT2D eigenvalue weighted by molar-refractivity contribution is 0.0519. The third-order valence-corrected chi connectivity index (χ3v) is 3.32. The van der Waals surface area contributed by atoms with Crippen LogP contribution < -0.4 is 0 Å². The molecule has 6 nitrogen and oxygen atoms in total. The molecule has 0 saturated carbocycles. The van der Waals surface area contributed by atoms with Gasteiger partial charge in [0.15, 0.2) is 11.5 Å². The van der Waals surface area contributed by atoms with Gasteiger partial charge in [-0.3, -0.25) is 4.98 Å². The molecular formula is C17H16N4O2. The van der Waals surface area contributed by atoms with Gasteiger partial charge in [-0.15, -0.1) is 0 Å². The SMILES string of the molecule is CCOC(=O)c1cc(-c2ccccc2)n(-c2nccnc2C)n1. The van der Waals surface area contributed by atoms with Gasteiger partial charge in [-0.2, -0.15) is 5.10 Å². The first kappa shape index (κ1) is 14.9. The summed E-state index contributed by atoms with van der Waals surface area (Å²) in [5, 5.41) is 4.38. The molecule has 0 aliphatic rings. The minimum Gasteiger partial charge on any atom is -0.461 e. The Morgan fingerprint density at radius 3 is 2.61 bits per heavy atom. The molecule has 6 heteroatoms. The minimum absolute atomic E-state index is 0.246. The highest BCUT2D eigenvalue weighted by Gasteiger charge is 2.19. The Morgan fingerprint density at radius 2 is 1.91 bits per heavy atom. The molecule has 0 saturated heterocycles. The number of aryl methyl sites for hydroxylation is 1. The Labute approximate surface area is 133 Å². The zero-order chi connectivity index (χ0) is 16.2. The van der Waals surface area contributed by atoms with Crippen LogP contribution in [0.25, 0.3) is 17.1 Å². The third kappa shape index (κ3) is 2.96. The normalized spacial score (nSPS) is 10.5. The number of hydrogen-bond acceptors (Lipinski definition) is 5. The molecule has 0 amide bonds. The fourth-order valence-electron chi connectivity index (χ4n) is 2.27. The zero-order valence-electron chi connectivity index (χ0n) is 12.9. The standard InChI is InChI=1S/C17H16N4O2/c1-3-23-17(22)14-11-15(13-7-5-4-6-8-13)21(20-14)16-12(2)18-9-10-19-16/h4-11H,3H2,1-2H3. The van der Waals surface area contributed by atoms with Crippen molar-refractivity contribution in [3.8, 4) is 17.1 Å². The highest BCUT2D eigenvalue weighted by atomic mass is 16.5. The van der Waals surface area contributed by atoms with E-state index in [1.807, 2.05) is 37.3 Å². The molecule has 1 aromatic carbocycles. The molecule has 116 valence electrons. The monoisotopic (exact) mass is 308 g/mol. The first-order valence-electron chi connectivity index (χ1n) is 7.31. The van der Waals surface area contributed by atoms with Crippen LogP contribution in [0.3, 0.4) is 0 Å². The summed E-state index contributed by atoms with van der Waals surface area (Å²) < 4.78 is 6.68. The molecule has 0 radical (unpaired) electrons. The van der Waals surface area contributed by atoms with E-state index >= 15 is 0 Å². The molecule has 23 heavy (non-hydrogen) atoms. The molecule has 0 atom stereocenters. The van der Waals surface area contributed by atoms with Gasteiger partial charge in [0.25, 0.3) is 0 Å². The van der Waals surface area contributed by atoms with Crippen molar-refractivity contribution in [3.63, 3.8) is 0 Å². The average Bonchev–Trinajstić information content (AvgIpc) is 3.01. The van der Waals surface area contributed by atoms with E-state index in [0.717, 1.165) is 17.0 Å². The first-order valence-corrected chi connectivity index (χ1v) is 7.31. The molecular weight excluding hydrogens is 292 g/mol. The van der Waals surface area contributed by atoms with E-state index in [2.05, 4.69) is 15.1 Å². The fourth-order valence-corrected chi connectivity index (χ4v) is 2.27. The smallest absolute Gasteiger partial charge is 0.358 e. The number of carbonyl (C=O) groups is 1. The maximum atomic E-state index is 12.0. The second-order valence-corrected chi connectivity index (χ2v) is 4.88. The lowest BCUT2D eigenvalue weighted by Gasteiger charge is -2.08. The quantitative estimate of drug-likeness (QED) is 0.693. The number of rotatable bonds is 4. The van der Waals surface area contributed by atoms with Crippen molar-refractivity contribution in [3.05, 3.63) is 60.2 Å². The van der Waals surface area contributed by atoms with Gasteiger partial charge in [-0.05, 0) is 19.9 Å². The second kappa shape index (κ2) is 6.39. The highest BCUT2D eigenvalue weighted by Crippen LogP contribution is 2.24. The summed E-state index contributed by atoms with van der Waals surface area (Å²) in [6.07, 6.45) is 3.22. The van der Waals surface area contributed by atoms with Crippen LogP contribution in [-0.4, -0.2) is 32.3 Å². The zero-order valence-corrected chi connectivity index (χ0v) is 12.9. The van der Waals surface area contributed by atoms with Crippen LogP contribution in [0.4, 0.5) is 0 Å². The molecule has 0 aliphatic carbocycles. The van der Waals surface area contributed by atoms with Crippen LogP contribution in [0.5, 0.6) is 0 Å². The number of carbonyl (C=O) groups excluding carboxylic acids is 1. The molecule has 3 rings (SSSR count). The summed E-state index contributed by atoms with van der Waals surface area (Å²) in [5.41, 5.74) is 2.66. The Bertz CT molecular complexity index is 828. The summed E-state index contributed by atoms with van der Waals surface area (Å²) in [5.74, 6) is 0.131. The summed E-state index contributed by atoms with van der Waals surface area (Å²) in [6.45, 7) is 3.92. The second-order valence-electron chi connectivity index (χ2n) is 4.88. The number of hydrogen-bond donors (Lipinski definition) is 0. The van der Waals surface area contributed by atoms with E-state index in [1.165, 1.54) is 0 Å². The Kier molecular flexibility index (Phi) is 4.14. The van der Waals surface area contributed by atoms with Crippen LogP contribution in [0.15, 0.2) is 48.8 Å². The van der Waals surface area contributed by atoms with E-state index in [-0.39, 0.29) is 5.69 Å². The maximum absolute atomic E-state index is 12.0.